The number of hydrogen-bond acceptors (Lipinski definition) is 6. The summed E-state index contributed by atoms with van der Waals surface area (Å²) in [5, 5.41) is 11.1. The lowest BCUT2D eigenvalue weighted by atomic mass is 10.1. The quantitative estimate of drug-likeness (QED) is 0.491. The van der Waals surface area contributed by atoms with Gasteiger partial charge < -0.3 is 10.1 Å². The second kappa shape index (κ2) is 8.30. The van der Waals surface area contributed by atoms with Crippen LogP contribution in [0.4, 0.5) is 5.69 Å². The van der Waals surface area contributed by atoms with Gasteiger partial charge in [0.25, 0.3) is 5.91 Å². The summed E-state index contributed by atoms with van der Waals surface area (Å²) in [5.41, 5.74) is 2.94. The lowest BCUT2D eigenvalue weighted by Crippen LogP contribution is -2.13. The summed E-state index contributed by atoms with van der Waals surface area (Å²) in [6, 6.07) is 15.0. The van der Waals surface area contributed by atoms with Crippen LogP contribution in [0.2, 0.25) is 5.02 Å². The van der Waals surface area contributed by atoms with Crippen molar-refractivity contribution in [2.45, 2.75) is 6.92 Å². The molecule has 4 rings (SSSR count). The van der Waals surface area contributed by atoms with E-state index >= 15 is 0 Å². The molecule has 0 radical (unpaired) electrons. The summed E-state index contributed by atoms with van der Waals surface area (Å²) in [4.78, 5) is 28.8. The SMILES string of the molecule is CCOC(=O)c1cccc(NC(=O)c2ccc(-n3nnc4cccnc43)cc2Cl)c1. The molecule has 4 aromatic rings. The van der Waals surface area contributed by atoms with Crippen molar-refractivity contribution < 1.29 is 14.3 Å². The Bertz CT molecular complexity index is 1250. The molecular weight excluding hydrogens is 406 g/mol. The molecule has 0 unspecified atom stereocenters. The number of halogens is 1. The van der Waals surface area contributed by atoms with Crippen LogP contribution in [-0.4, -0.2) is 38.5 Å². The third kappa shape index (κ3) is 3.85. The molecule has 0 aliphatic rings. The van der Waals surface area contributed by atoms with Gasteiger partial charge in [-0.2, -0.15) is 4.68 Å². The van der Waals surface area contributed by atoms with Crippen molar-refractivity contribution in [3.05, 3.63) is 76.9 Å². The first kappa shape index (κ1) is 19.5. The number of carbonyl (C=O) groups excluding carboxylic acids is 2. The van der Waals surface area contributed by atoms with Gasteiger partial charge in [0.2, 0.25) is 0 Å². The summed E-state index contributed by atoms with van der Waals surface area (Å²) in [7, 11) is 0. The Balaban J connectivity index is 1.57. The number of esters is 1. The molecule has 30 heavy (non-hydrogen) atoms. The van der Waals surface area contributed by atoms with E-state index in [0.29, 0.717) is 28.1 Å². The predicted octanol–water partition coefficient (Wildman–Crippen LogP) is 3.90. The lowest BCUT2D eigenvalue weighted by Gasteiger charge is -2.10. The number of carbonyl (C=O) groups is 2. The number of rotatable bonds is 5. The zero-order chi connectivity index (χ0) is 21.1. The molecule has 9 heteroatoms. The third-order valence-corrected chi connectivity index (χ3v) is 4.59. The Morgan fingerprint density at radius 2 is 2.00 bits per heavy atom. The van der Waals surface area contributed by atoms with E-state index in [0.717, 1.165) is 0 Å². The van der Waals surface area contributed by atoms with E-state index in [4.69, 9.17) is 16.3 Å². The number of aromatic nitrogens is 4. The van der Waals surface area contributed by atoms with E-state index in [9.17, 15) is 9.59 Å². The van der Waals surface area contributed by atoms with Crippen LogP contribution < -0.4 is 5.32 Å². The monoisotopic (exact) mass is 421 g/mol. The summed E-state index contributed by atoms with van der Waals surface area (Å²) in [6.45, 7) is 2.00. The normalized spacial score (nSPS) is 10.7. The van der Waals surface area contributed by atoms with E-state index in [1.165, 1.54) is 0 Å². The van der Waals surface area contributed by atoms with Crippen LogP contribution in [0.3, 0.4) is 0 Å². The molecular formula is C21H16ClN5O3. The van der Waals surface area contributed by atoms with Crippen LogP contribution in [0.15, 0.2) is 60.8 Å². The molecule has 0 aliphatic heterocycles. The van der Waals surface area contributed by atoms with Gasteiger partial charge in [-0.1, -0.05) is 22.9 Å². The van der Waals surface area contributed by atoms with Gasteiger partial charge in [-0.05, 0) is 55.5 Å². The van der Waals surface area contributed by atoms with Gasteiger partial charge in [0, 0.05) is 11.9 Å². The number of fused-ring (bicyclic) bond motifs is 1. The highest BCUT2D eigenvalue weighted by Gasteiger charge is 2.15. The molecule has 1 N–H and O–H groups in total. The highest BCUT2D eigenvalue weighted by atomic mass is 35.5. The van der Waals surface area contributed by atoms with Gasteiger partial charge in [-0.15, -0.1) is 5.10 Å². The third-order valence-electron chi connectivity index (χ3n) is 4.28. The summed E-state index contributed by atoms with van der Waals surface area (Å²) in [5.74, 6) is -0.862. The number of ether oxygens (including phenoxy) is 1. The maximum atomic E-state index is 12.7. The molecule has 150 valence electrons. The second-order valence-corrected chi connectivity index (χ2v) is 6.67. The molecule has 2 heterocycles. The molecule has 1 amide bonds. The van der Waals surface area contributed by atoms with Gasteiger partial charge in [-0.25, -0.2) is 9.78 Å². The minimum absolute atomic E-state index is 0.242. The smallest absolute Gasteiger partial charge is 0.338 e. The zero-order valence-corrected chi connectivity index (χ0v) is 16.6. The average molecular weight is 422 g/mol. The maximum absolute atomic E-state index is 12.7. The van der Waals surface area contributed by atoms with E-state index in [-0.39, 0.29) is 17.2 Å². The molecule has 0 saturated heterocycles. The number of anilines is 1. The fourth-order valence-corrected chi connectivity index (χ4v) is 3.16. The van der Waals surface area contributed by atoms with Crippen molar-refractivity contribution in [1.82, 2.24) is 20.0 Å². The second-order valence-electron chi connectivity index (χ2n) is 6.27. The average Bonchev–Trinajstić information content (AvgIpc) is 3.18. The molecule has 2 aromatic heterocycles. The predicted molar refractivity (Wildman–Crippen MR) is 112 cm³/mol. The van der Waals surface area contributed by atoms with Crippen LogP contribution in [0, 0.1) is 0 Å². The Morgan fingerprint density at radius 3 is 2.80 bits per heavy atom. The molecule has 2 aromatic carbocycles. The van der Waals surface area contributed by atoms with Crippen LogP contribution in [0.25, 0.3) is 16.9 Å². The first-order valence-corrected chi connectivity index (χ1v) is 9.49. The van der Waals surface area contributed by atoms with Crippen LogP contribution >= 0.6 is 11.6 Å². The minimum Gasteiger partial charge on any atom is -0.462 e. The molecule has 0 bridgehead atoms. The number of nitrogens with zero attached hydrogens (tertiary/aromatic N) is 4. The van der Waals surface area contributed by atoms with Crippen LogP contribution in [-0.2, 0) is 4.74 Å². The van der Waals surface area contributed by atoms with E-state index in [1.54, 1.807) is 72.4 Å². The molecule has 0 aliphatic carbocycles. The Kier molecular flexibility index (Phi) is 5.40. The maximum Gasteiger partial charge on any atom is 0.338 e. The number of pyridine rings is 1. The van der Waals surface area contributed by atoms with E-state index in [2.05, 4.69) is 20.6 Å². The van der Waals surface area contributed by atoms with E-state index in [1.807, 2.05) is 0 Å². The van der Waals surface area contributed by atoms with Gasteiger partial charge in [0.15, 0.2) is 5.65 Å². The van der Waals surface area contributed by atoms with Crippen molar-refractivity contribution in [2.75, 3.05) is 11.9 Å². The zero-order valence-electron chi connectivity index (χ0n) is 15.9. The molecule has 8 nitrogen and oxygen atoms in total. The topological polar surface area (TPSA) is 99.0 Å². The van der Waals surface area contributed by atoms with Gasteiger partial charge >= 0.3 is 5.97 Å². The first-order chi connectivity index (χ1) is 14.6. The molecule has 0 spiro atoms. The van der Waals surface area contributed by atoms with Crippen molar-refractivity contribution in [1.29, 1.82) is 0 Å². The lowest BCUT2D eigenvalue weighted by molar-refractivity contribution is 0.0526. The highest BCUT2D eigenvalue weighted by Crippen LogP contribution is 2.23. The van der Waals surface area contributed by atoms with E-state index < -0.39 is 11.9 Å². The van der Waals surface area contributed by atoms with Crippen molar-refractivity contribution in [3.8, 4) is 5.69 Å². The first-order valence-electron chi connectivity index (χ1n) is 9.11. The number of hydrogen-bond donors (Lipinski definition) is 1. The minimum atomic E-state index is -0.454. The molecule has 0 saturated carbocycles. The summed E-state index contributed by atoms with van der Waals surface area (Å²) < 4.78 is 6.53. The van der Waals surface area contributed by atoms with Crippen molar-refractivity contribution >= 4 is 40.3 Å². The summed E-state index contributed by atoms with van der Waals surface area (Å²) in [6.07, 6.45) is 1.65. The highest BCUT2D eigenvalue weighted by molar-refractivity contribution is 6.34. The fraction of sp³-hybridized carbons (Fsp3) is 0.0952. The van der Waals surface area contributed by atoms with Crippen molar-refractivity contribution in [2.24, 2.45) is 0 Å². The van der Waals surface area contributed by atoms with Gasteiger partial charge in [0.05, 0.1) is 28.4 Å². The standard InChI is InChI=1S/C21H16ClN5O3/c1-2-30-21(29)13-5-3-6-14(11-13)24-20(28)16-9-8-15(12-17(16)22)27-19-18(25-26-27)7-4-10-23-19/h3-12H,2H2,1H3,(H,24,28). The Morgan fingerprint density at radius 1 is 1.13 bits per heavy atom. The Labute approximate surface area is 176 Å². The van der Waals surface area contributed by atoms with Gasteiger partial charge in [-0.3, -0.25) is 4.79 Å². The van der Waals surface area contributed by atoms with Gasteiger partial charge in [0.1, 0.15) is 5.52 Å². The number of benzene rings is 2. The molecule has 0 fully saturated rings. The van der Waals surface area contributed by atoms with Crippen molar-refractivity contribution in [3.63, 3.8) is 0 Å². The number of amides is 1. The Hall–Kier alpha value is -3.78. The van der Waals surface area contributed by atoms with Crippen LogP contribution in [0.1, 0.15) is 27.6 Å². The summed E-state index contributed by atoms with van der Waals surface area (Å²) >= 11 is 6.36. The fourth-order valence-electron chi connectivity index (χ4n) is 2.90. The molecule has 0 atom stereocenters. The van der Waals surface area contributed by atoms with Crippen LogP contribution in [0.5, 0.6) is 0 Å². The number of nitrogens with one attached hydrogen (secondary N) is 1. The largest absolute Gasteiger partial charge is 0.462 e.